The van der Waals surface area contributed by atoms with Crippen molar-refractivity contribution in [2.24, 2.45) is 0 Å². The molecule has 1 N–H and O–H groups in total. The van der Waals surface area contributed by atoms with Crippen LogP contribution in [0.15, 0.2) is 9.21 Å². The first-order chi connectivity index (χ1) is 13.9. The number of likely N-dealkylation sites (N-methyl/N-ethyl adjacent to an activating group) is 1. The van der Waals surface area contributed by atoms with Gasteiger partial charge in [-0.1, -0.05) is 0 Å². The number of piperazine rings is 1. The lowest BCUT2D eigenvalue weighted by atomic mass is 9.92. The summed E-state index contributed by atoms with van der Waals surface area (Å²) in [7, 11) is 2.01. The molecule has 154 valence electrons. The number of phenolic OH excluding ortho intramolecular Hbond substituents is 1. The van der Waals surface area contributed by atoms with Crippen molar-refractivity contribution in [3.8, 4) is 11.5 Å². The Kier molecular flexibility index (Phi) is 5.04. The highest BCUT2D eigenvalue weighted by Gasteiger charge is 2.28. The molecule has 3 heterocycles. The number of ether oxygens (including phenoxy) is 1. The lowest BCUT2D eigenvalue weighted by molar-refractivity contribution is -0.132. The Morgan fingerprint density at radius 3 is 2.66 bits per heavy atom. The summed E-state index contributed by atoms with van der Waals surface area (Å²) in [4.78, 5) is 41.0. The Morgan fingerprint density at radius 1 is 1.24 bits per heavy atom. The van der Waals surface area contributed by atoms with Crippen molar-refractivity contribution in [2.75, 3.05) is 39.8 Å². The Hall–Kier alpha value is -2.87. The van der Waals surface area contributed by atoms with Gasteiger partial charge in [-0.05, 0) is 32.4 Å². The summed E-state index contributed by atoms with van der Waals surface area (Å²) < 4.78 is 11.1. The highest BCUT2D eigenvalue weighted by molar-refractivity contribution is 6.02. The highest BCUT2D eigenvalue weighted by atomic mass is 16.5. The second-order valence-corrected chi connectivity index (χ2v) is 7.70. The highest BCUT2D eigenvalue weighted by Crippen LogP contribution is 2.43. The number of aldehydes is 1. The molecule has 4 rings (SSSR count). The number of rotatable bonds is 3. The smallest absolute Gasteiger partial charge is 0.340 e. The molecule has 1 aromatic carbocycles. The fraction of sp³-hybridized carbons (Fsp3) is 0.476. The van der Waals surface area contributed by atoms with Crippen LogP contribution in [0.1, 0.15) is 33.5 Å². The number of benzene rings is 1. The average Bonchev–Trinajstić information content (AvgIpc) is 2.71. The molecule has 0 saturated carbocycles. The van der Waals surface area contributed by atoms with Gasteiger partial charge in [0.15, 0.2) is 23.4 Å². The molecule has 0 spiro atoms. The Labute approximate surface area is 167 Å². The van der Waals surface area contributed by atoms with E-state index in [1.807, 2.05) is 7.05 Å². The molecule has 8 nitrogen and oxygen atoms in total. The summed E-state index contributed by atoms with van der Waals surface area (Å²) in [6, 6.07) is 0. The van der Waals surface area contributed by atoms with Crippen LogP contribution in [0.5, 0.6) is 11.5 Å². The van der Waals surface area contributed by atoms with E-state index in [4.69, 9.17) is 9.15 Å². The van der Waals surface area contributed by atoms with Gasteiger partial charge in [0.2, 0.25) is 5.91 Å². The minimum atomic E-state index is -0.656. The number of aromatic hydroxyl groups is 1. The number of aryl methyl sites for hydroxylation is 2. The first-order valence-electron chi connectivity index (χ1n) is 9.80. The zero-order chi connectivity index (χ0) is 20.7. The minimum absolute atomic E-state index is 0.0548. The van der Waals surface area contributed by atoms with E-state index >= 15 is 0 Å². The van der Waals surface area contributed by atoms with E-state index in [-0.39, 0.29) is 40.5 Å². The van der Waals surface area contributed by atoms with E-state index in [1.165, 1.54) is 0 Å². The molecule has 2 aromatic rings. The molecule has 29 heavy (non-hydrogen) atoms. The van der Waals surface area contributed by atoms with Gasteiger partial charge in [-0.25, -0.2) is 4.79 Å². The van der Waals surface area contributed by atoms with Crippen molar-refractivity contribution in [3.05, 3.63) is 32.7 Å². The third-order valence-corrected chi connectivity index (χ3v) is 5.91. The summed E-state index contributed by atoms with van der Waals surface area (Å²) in [5.74, 6) is -0.155. The number of hydrogen-bond acceptors (Lipinski definition) is 7. The SMILES string of the molecule is Cc1c(CC(=O)N2CCN(C)CC2)c(=O)oc2c(C=O)c(O)c3c(c12)CCCO3. The lowest BCUT2D eigenvalue weighted by Gasteiger charge is -2.32. The van der Waals surface area contributed by atoms with E-state index in [1.54, 1.807) is 11.8 Å². The summed E-state index contributed by atoms with van der Waals surface area (Å²) in [6.45, 7) is 5.04. The van der Waals surface area contributed by atoms with Gasteiger partial charge in [-0.2, -0.15) is 0 Å². The molecule has 8 heteroatoms. The number of amides is 1. The Balaban J connectivity index is 1.82. The third kappa shape index (κ3) is 3.27. The van der Waals surface area contributed by atoms with Gasteiger partial charge in [0.1, 0.15) is 5.56 Å². The van der Waals surface area contributed by atoms with E-state index in [0.717, 1.165) is 19.5 Å². The molecule has 0 atom stereocenters. The van der Waals surface area contributed by atoms with Crippen LogP contribution in [-0.2, 0) is 17.6 Å². The van der Waals surface area contributed by atoms with Crippen molar-refractivity contribution in [1.29, 1.82) is 0 Å². The summed E-state index contributed by atoms with van der Waals surface area (Å²) in [6.07, 6.45) is 1.78. The molecule has 1 saturated heterocycles. The maximum atomic E-state index is 12.8. The van der Waals surface area contributed by atoms with Crippen LogP contribution in [0.25, 0.3) is 11.0 Å². The van der Waals surface area contributed by atoms with Gasteiger partial charge in [-0.15, -0.1) is 0 Å². The topological polar surface area (TPSA) is 100 Å². The molecule has 0 unspecified atom stereocenters. The molecule has 1 amide bonds. The van der Waals surface area contributed by atoms with Crippen molar-refractivity contribution < 1.29 is 23.8 Å². The predicted molar refractivity (Wildman–Crippen MR) is 106 cm³/mol. The zero-order valence-electron chi connectivity index (χ0n) is 16.6. The van der Waals surface area contributed by atoms with E-state index in [9.17, 15) is 19.5 Å². The summed E-state index contributed by atoms with van der Waals surface area (Å²) in [5.41, 5.74) is 0.902. The normalized spacial score (nSPS) is 17.1. The first kappa shape index (κ1) is 19.4. The molecule has 1 fully saturated rings. The van der Waals surface area contributed by atoms with Crippen molar-refractivity contribution in [3.63, 3.8) is 0 Å². The molecule has 0 radical (unpaired) electrons. The predicted octanol–water partition coefficient (Wildman–Crippen LogP) is 1.26. The van der Waals surface area contributed by atoms with Crippen LogP contribution in [0.4, 0.5) is 0 Å². The van der Waals surface area contributed by atoms with Crippen LogP contribution < -0.4 is 10.4 Å². The van der Waals surface area contributed by atoms with Crippen molar-refractivity contribution in [1.82, 2.24) is 9.80 Å². The summed E-state index contributed by atoms with van der Waals surface area (Å²) in [5, 5.41) is 11.0. The van der Waals surface area contributed by atoms with Crippen molar-refractivity contribution >= 4 is 23.2 Å². The van der Waals surface area contributed by atoms with Crippen LogP contribution in [-0.4, -0.2) is 66.9 Å². The first-order valence-corrected chi connectivity index (χ1v) is 9.80. The number of nitrogens with zero attached hydrogens (tertiary/aromatic N) is 2. The van der Waals surface area contributed by atoms with Gasteiger partial charge < -0.3 is 24.1 Å². The minimum Gasteiger partial charge on any atom is -0.504 e. The molecule has 1 aromatic heterocycles. The van der Waals surface area contributed by atoms with Crippen molar-refractivity contribution in [2.45, 2.75) is 26.2 Å². The average molecular weight is 400 g/mol. The van der Waals surface area contributed by atoms with Gasteiger partial charge in [-0.3, -0.25) is 9.59 Å². The monoisotopic (exact) mass is 400 g/mol. The molecule has 2 aliphatic heterocycles. The largest absolute Gasteiger partial charge is 0.504 e. The molecular weight excluding hydrogens is 376 g/mol. The molecular formula is C21H24N2O6. The van der Waals surface area contributed by atoms with Crippen LogP contribution in [0.2, 0.25) is 0 Å². The Bertz CT molecular complexity index is 1050. The standard InChI is InChI=1S/C21H24N2O6/c1-12-14(10-16(25)23-7-5-22(2)6-8-23)21(27)29-19-15(11-24)18(26)20-13(17(12)19)4-3-9-28-20/h11,26H,3-10H2,1-2H3. The van der Waals surface area contributed by atoms with Gasteiger partial charge in [0.05, 0.1) is 18.6 Å². The number of hydrogen-bond donors (Lipinski definition) is 1. The third-order valence-electron chi connectivity index (χ3n) is 5.91. The second-order valence-electron chi connectivity index (χ2n) is 7.70. The second kappa shape index (κ2) is 7.51. The maximum absolute atomic E-state index is 12.8. The van der Waals surface area contributed by atoms with Crippen LogP contribution >= 0.6 is 0 Å². The number of carbonyl (C=O) groups excluding carboxylic acids is 2. The molecule has 0 aliphatic carbocycles. The zero-order valence-corrected chi connectivity index (χ0v) is 16.6. The number of fused-ring (bicyclic) bond motifs is 3. The lowest BCUT2D eigenvalue weighted by Crippen LogP contribution is -2.47. The van der Waals surface area contributed by atoms with E-state index in [2.05, 4.69) is 4.90 Å². The quantitative estimate of drug-likeness (QED) is 0.611. The fourth-order valence-electron chi connectivity index (χ4n) is 4.17. The number of carbonyl (C=O) groups is 2. The van der Waals surface area contributed by atoms with Gasteiger partial charge in [0.25, 0.3) is 0 Å². The molecule has 0 bridgehead atoms. The fourth-order valence-corrected chi connectivity index (χ4v) is 4.17. The van der Waals surface area contributed by atoms with Gasteiger partial charge in [0, 0.05) is 37.1 Å². The number of phenols is 1. The Morgan fingerprint density at radius 2 is 1.97 bits per heavy atom. The van der Waals surface area contributed by atoms with E-state index < -0.39 is 5.63 Å². The van der Waals surface area contributed by atoms with Crippen LogP contribution in [0, 0.1) is 6.92 Å². The molecule has 2 aliphatic rings. The summed E-state index contributed by atoms with van der Waals surface area (Å²) >= 11 is 0. The maximum Gasteiger partial charge on any atom is 0.340 e. The van der Waals surface area contributed by atoms with Crippen LogP contribution in [0.3, 0.4) is 0 Å². The van der Waals surface area contributed by atoms with Gasteiger partial charge >= 0.3 is 5.63 Å². The van der Waals surface area contributed by atoms with E-state index in [0.29, 0.717) is 48.9 Å².